The number of benzene rings is 2. The first-order valence-corrected chi connectivity index (χ1v) is 14.3. The monoisotopic (exact) mass is 529 g/mol. The summed E-state index contributed by atoms with van der Waals surface area (Å²) in [6.07, 6.45) is 3.53. The molecule has 1 saturated heterocycles. The van der Waals surface area contributed by atoms with Crippen LogP contribution in [0.2, 0.25) is 5.02 Å². The predicted molar refractivity (Wildman–Crippen MR) is 133 cm³/mol. The summed E-state index contributed by atoms with van der Waals surface area (Å²) >= 11 is 6.04. The molecular weight excluding hydrogens is 502 g/mol. The molecule has 0 aromatic heterocycles. The minimum Gasteiger partial charge on any atom is -0.495 e. The third-order valence-corrected chi connectivity index (χ3v) is 8.79. The number of halogens is 1. The molecule has 34 heavy (non-hydrogen) atoms. The van der Waals surface area contributed by atoms with Crippen LogP contribution in [0.25, 0.3) is 0 Å². The largest absolute Gasteiger partial charge is 0.495 e. The van der Waals surface area contributed by atoms with Crippen LogP contribution in [-0.4, -0.2) is 60.0 Å². The lowest BCUT2D eigenvalue weighted by molar-refractivity contribution is -0.114. The molecule has 0 aliphatic carbocycles. The molecule has 186 valence electrons. The van der Waals surface area contributed by atoms with E-state index in [1.54, 1.807) is 19.1 Å². The van der Waals surface area contributed by atoms with E-state index < -0.39 is 32.5 Å². The highest BCUT2D eigenvalue weighted by molar-refractivity contribution is 7.92. The van der Waals surface area contributed by atoms with Crippen molar-refractivity contribution in [2.45, 2.75) is 31.1 Å². The van der Waals surface area contributed by atoms with Gasteiger partial charge in [-0.15, -0.1) is 0 Å². The molecule has 1 aliphatic heterocycles. The van der Waals surface area contributed by atoms with Gasteiger partial charge in [-0.1, -0.05) is 24.1 Å². The molecule has 0 saturated carbocycles. The van der Waals surface area contributed by atoms with Gasteiger partial charge in [0.2, 0.25) is 26.0 Å². The van der Waals surface area contributed by atoms with E-state index in [4.69, 9.17) is 16.3 Å². The van der Waals surface area contributed by atoms with Gasteiger partial charge >= 0.3 is 0 Å². The van der Waals surface area contributed by atoms with E-state index in [0.29, 0.717) is 23.7 Å². The number of aryl methyl sites for hydroxylation is 1. The molecule has 1 N–H and O–H groups in total. The molecule has 3 rings (SSSR count). The Bertz CT molecular complexity index is 1280. The van der Waals surface area contributed by atoms with Crippen molar-refractivity contribution in [3.8, 4) is 5.75 Å². The molecule has 0 radical (unpaired) electrons. The number of piperidine rings is 1. The van der Waals surface area contributed by atoms with Gasteiger partial charge in [0, 0.05) is 23.8 Å². The maximum Gasteiger partial charge on any atom is 0.246 e. The maximum atomic E-state index is 13.2. The Balaban J connectivity index is 1.88. The fourth-order valence-electron chi connectivity index (χ4n) is 3.76. The molecule has 12 heteroatoms. The van der Waals surface area contributed by atoms with Crippen LogP contribution in [0.4, 0.5) is 11.4 Å². The summed E-state index contributed by atoms with van der Waals surface area (Å²) in [5.74, 6) is -0.479. The topological polar surface area (TPSA) is 113 Å². The van der Waals surface area contributed by atoms with Crippen LogP contribution in [0, 0.1) is 6.92 Å². The SMILES string of the molecule is COc1ccc(NC(=O)CN(c2cc(Cl)ccc2C)S(C)(=O)=O)cc1S(=O)(=O)N1CCCCC1. The van der Waals surface area contributed by atoms with Crippen molar-refractivity contribution in [2.24, 2.45) is 0 Å². The highest BCUT2D eigenvalue weighted by atomic mass is 35.5. The average molecular weight is 530 g/mol. The standard InChI is InChI=1S/C22H28ClN3O6S2/c1-16-7-8-17(23)13-19(16)26(33(3,28)29)15-22(27)24-18-9-10-20(32-2)21(14-18)34(30,31)25-11-5-4-6-12-25/h7-10,13-14H,4-6,11-12,15H2,1-3H3,(H,24,27). The van der Waals surface area contributed by atoms with Crippen LogP contribution in [0.15, 0.2) is 41.3 Å². The normalized spacial score (nSPS) is 15.1. The number of sulfonamides is 2. The minimum absolute atomic E-state index is 0.0552. The highest BCUT2D eigenvalue weighted by Crippen LogP contribution is 2.31. The van der Waals surface area contributed by atoms with Crippen molar-refractivity contribution in [1.82, 2.24) is 4.31 Å². The number of nitrogens with one attached hydrogen (secondary N) is 1. The molecule has 1 aliphatic rings. The summed E-state index contributed by atoms with van der Waals surface area (Å²) in [4.78, 5) is 12.8. The number of ether oxygens (including phenoxy) is 1. The van der Waals surface area contributed by atoms with Crippen molar-refractivity contribution in [3.05, 3.63) is 47.0 Å². The van der Waals surface area contributed by atoms with Crippen molar-refractivity contribution < 1.29 is 26.4 Å². The van der Waals surface area contributed by atoms with Gasteiger partial charge in [-0.05, 0) is 55.7 Å². The number of nitrogens with zero attached hydrogens (tertiary/aromatic N) is 2. The lowest BCUT2D eigenvalue weighted by Crippen LogP contribution is -2.38. The minimum atomic E-state index is -3.83. The lowest BCUT2D eigenvalue weighted by atomic mass is 10.2. The van der Waals surface area contributed by atoms with Crippen molar-refractivity contribution >= 4 is 48.9 Å². The zero-order valence-electron chi connectivity index (χ0n) is 19.2. The number of hydrogen-bond acceptors (Lipinski definition) is 6. The van der Waals surface area contributed by atoms with Crippen molar-refractivity contribution in [2.75, 3.05) is 42.6 Å². The maximum absolute atomic E-state index is 13.2. The van der Waals surface area contributed by atoms with Crippen LogP contribution < -0.4 is 14.4 Å². The van der Waals surface area contributed by atoms with E-state index in [-0.39, 0.29) is 22.0 Å². The first-order chi connectivity index (χ1) is 15.9. The fourth-order valence-corrected chi connectivity index (χ4v) is 6.53. The number of methoxy groups -OCH3 is 1. The van der Waals surface area contributed by atoms with Gasteiger partial charge in [0.05, 0.1) is 19.1 Å². The lowest BCUT2D eigenvalue weighted by Gasteiger charge is -2.27. The van der Waals surface area contributed by atoms with Gasteiger partial charge in [-0.25, -0.2) is 16.8 Å². The van der Waals surface area contributed by atoms with Gasteiger partial charge in [-0.2, -0.15) is 4.31 Å². The number of carbonyl (C=O) groups excluding carboxylic acids is 1. The van der Waals surface area contributed by atoms with E-state index >= 15 is 0 Å². The van der Waals surface area contributed by atoms with E-state index in [1.807, 2.05) is 0 Å². The first-order valence-electron chi connectivity index (χ1n) is 10.7. The Morgan fingerprint density at radius 1 is 1.09 bits per heavy atom. The summed E-state index contributed by atoms with van der Waals surface area (Å²) in [7, 11) is -6.26. The summed E-state index contributed by atoms with van der Waals surface area (Å²) < 4.78 is 58.9. The summed E-state index contributed by atoms with van der Waals surface area (Å²) in [6, 6.07) is 9.05. The van der Waals surface area contributed by atoms with Gasteiger partial charge in [-0.3, -0.25) is 9.10 Å². The van der Waals surface area contributed by atoms with Crippen molar-refractivity contribution in [3.63, 3.8) is 0 Å². The zero-order valence-corrected chi connectivity index (χ0v) is 21.6. The summed E-state index contributed by atoms with van der Waals surface area (Å²) in [5, 5.41) is 2.93. The van der Waals surface area contributed by atoms with Crippen LogP contribution in [-0.2, 0) is 24.8 Å². The predicted octanol–water partition coefficient (Wildman–Crippen LogP) is 3.24. The smallest absolute Gasteiger partial charge is 0.246 e. The van der Waals surface area contributed by atoms with Crippen LogP contribution >= 0.6 is 11.6 Å². The second kappa shape index (κ2) is 10.5. The van der Waals surface area contributed by atoms with E-state index in [0.717, 1.165) is 29.8 Å². The molecule has 1 amide bonds. The Morgan fingerprint density at radius 3 is 2.38 bits per heavy atom. The molecular formula is C22H28ClN3O6S2. The summed E-state index contributed by atoms with van der Waals surface area (Å²) in [6.45, 7) is 2.04. The summed E-state index contributed by atoms with van der Waals surface area (Å²) in [5.41, 5.74) is 1.12. The van der Waals surface area contributed by atoms with Gasteiger partial charge in [0.1, 0.15) is 17.2 Å². The van der Waals surface area contributed by atoms with E-state index in [9.17, 15) is 21.6 Å². The van der Waals surface area contributed by atoms with Gasteiger partial charge < -0.3 is 10.1 Å². The number of carbonyl (C=O) groups is 1. The quantitative estimate of drug-likeness (QED) is 0.561. The third-order valence-electron chi connectivity index (χ3n) is 5.51. The molecule has 0 unspecified atom stereocenters. The fraction of sp³-hybridized carbons (Fsp3) is 0.409. The van der Waals surface area contributed by atoms with Crippen molar-refractivity contribution in [1.29, 1.82) is 0 Å². The molecule has 0 bridgehead atoms. The molecule has 0 spiro atoms. The molecule has 1 fully saturated rings. The Kier molecular flexibility index (Phi) is 8.12. The van der Waals surface area contributed by atoms with Gasteiger partial charge in [0.15, 0.2) is 0 Å². The van der Waals surface area contributed by atoms with Gasteiger partial charge in [0.25, 0.3) is 0 Å². The third kappa shape index (κ3) is 6.01. The van der Waals surface area contributed by atoms with Crippen LogP contribution in [0.3, 0.4) is 0 Å². The zero-order chi connectivity index (χ0) is 25.1. The van der Waals surface area contributed by atoms with E-state index in [1.165, 1.54) is 35.7 Å². The number of amides is 1. The Morgan fingerprint density at radius 2 is 1.76 bits per heavy atom. The first kappa shape index (κ1) is 26.3. The molecule has 9 nitrogen and oxygen atoms in total. The molecule has 2 aromatic carbocycles. The number of hydrogen-bond donors (Lipinski definition) is 1. The average Bonchev–Trinajstić information content (AvgIpc) is 2.79. The van der Waals surface area contributed by atoms with Crippen LogP contribution in [0.5, 0.6) is 5.75 Å². The number of anilines is 2. The van der Waals surface area contributed by atoms with E-state index in [2.05, 4.69) is 5.32 Å². The second-order valence-corrected chi connectivity index (χ2v) is 12.3. The molecule has 2 aromatic rings. The highest BCUT2D eigenvalue weighted by Gasteiger charge is 2.29. The molecule has 1 heterocycles. The molecule has 0 atom stereocenters. The Hall–Kier alpha value is -2.34. The van der Waals surface area contributed by atoms with Crippen LogP contribution in [0.1, 0.15) is 24.8 Å². The number of rotatable bonds is 8. The Labute approximate surface area is 205 Å². The second-order valence-electron chi connectivity index (χ2n) is 8.08.